The van der Waals surface area contributed by atoms with Crippen molar-refractivity contribution in [1.29, 1.82) is 0 Å². The zero-order valence-electron chi connectivity index (χ0n) is 18.9. The molecule has 0 aromatic rings. The third kappa shape index (κ3) is 10.1. The van der Waals surface area contributed by atoms with Gasteiger partial charge in [-0.25, -0.2) is 4.79 Å². The number of nitrogens with zero attached hydrogens (tertiary/aromatic N) is 3. The van der Waals surface area contributed by atoms with Crippen LogP contribution in [-0.4, -0.2) is 92.5 Å². The van der Waals surface area contributed by atoms with Crippen LogP contribution >= 0.6 is 0 Å². The number of nitrogens with one attached hydrogen (secondary N) is 2. The Balaban J connectivity index is 2.29. The number of carbonyl (C=O) groups excluding carboxylic acids is 1. The maximum absolute atomic E-state index is 12.1. The predicted octanol–water partition coefficient (Wildman–Crippen LogP) is 1.91. The number of rotatable bonds is 8. The van der Waals surface area contributed by atoms with Crippen LogP contribution in [0, 0.1) is 0 Å². The lowest BCUT2D eigenvalue weighted by atomic mass is 10.1. The topological polar surface area (TPSA) is 78.4 Å². The van der Waals surface area contributed by atoms with Gasteiger partial charge in [-0.3, -0.25) is 9.89 Å². The zero-order chi connectivity index (χ0) is 21.2. The van der Waals surface area contributed by atoms with Gasteiger partial charge in [-0.1, -0.05) is 0 Å². The summed E-state index contributed by atoms with van der Waals surface area (Å²) < 4.78 is 10.9. The van der Waals surface area contributed by atoms with Crippen LogP contribution in [0.1, 0.15) is 48.0 Å². The zero-order valence-corrected chi connectivity index (χ0v) is 18.9. The Hall–Kier alpha value is -1.54. The second kappa shape index (κ2) is 11.5. The molecule has 1 aliphatic heterocycles. The number of amides is 1. The summed E-state index contributed by atoms with van der Waals surface area (Å²) in [5, 5.41) is 6.65. The van der Waals surface area contributed by atoms with Crippen molar-refractivity contribution in [1.82, 2.24) is 20.4 Å². The Labute approximate surface area is 171 Å². The third-order valence-electron chi connectivity index (χ3n) is 4.48. The van der Waals surface area contributed by atoms with E-state index in [9.17, 15) is 4.79 Å². The summed E-state index contributed by atoms with van der Waals surface area (Å²) in [7, 11) is 1.71. The maximum atomic E-state index is 12.1. The molecule has 0 aromatic carbocycles. The molecule has 0 saturated carbocycles. The van der Waals surface area contributed by atoms with Crippen molar-refractivity contribution >= 4 is 12.1 Å². The molecular formula is C20H41N5O3. The smallest absolute Gasteiger partial charge is 0.410 e. The number of hydrogen-bond acceptors (Lipinski definition) is 5. The number of ether oxygens (including phenoxy) is 2. The summed E-state index contributed by atoms with van der Waals surface area (Å²) in [4.78, 5) is 20.9. The Kier molecular flexibility index (Phi) is 10.0. The lowest BCUT2D eigenvalue weighted by Gasteiger charge is -2.35. The van der Waals surface area contributed by atoms with Gasteiger partial charge < -0.3 is 25.0 Å². The van der Waals surface area contributed by atoms with Crippen LogP contribution in [-0.2, 0) is 9.47 Å². The van der Waals surface area contributed by atoms with E-state index in [0.29, 0.717) is 6.54 Å². The molecule has 0 spiro atoms. The standard InChI is InChI=1S/C20H41N5O3/c1-8-21-17(23-16-20(5,6)27-7)22-10-9-11-24-12-14-25(15-13-24)18(26)28-19(2,3)4/h8-16H2,1-7H3,(H2,21,22,23). The minimum absolute atomic E-state index is 0.209. The van der Waals surface area contributed by atoms with E-state index >= 15 is 0 Å². The monoisotopic (exact) mass is 399 g/mol. The average molecular weight is 400 g/mol. The van der Waals surface area contributed by atoms with Gasteiger partial charge in [-0.15, -0.1) is 0 Å². The summed E-state index contributed by atoms with van der Waals surface area (Å²) in [6.45, 7) is 18.3. The molecule has 8 heteroatoms. The van der Waals surface area contributed by atoms with Gasteiger partial charge in [0.2, 0.25) is 0 Å². The molecule has 0 aliphatic carbocycles. The number of piperazine rings is 1. The highest BCUT2D eigenvalue weighted by molar-refractivity contribution is 5.79. The molecule has 8 nitrogen and oxygen atoms in total. The van der Waals surface area contributed by atoms with Crippen LogP contribution in [0.15, 0.2) is 4.99 Å². The van der Waals surface area contributed by atoms with E-state index in [1.165, 1.54) is 0 Å². The molecule has 28 heavy (non-hydrogen) atoms. The molecule has 164 valence electrons. The van der Waals surface area contributed by atoms with Crippen LogP contribution in [0.25, 0.3) is 0 Å². The number of aliphatic imine (C=N–C) groups is 1. The van der Waals surface area contributed by atoms with E-state index in [2.05, 4.69) is 27.4 Å². The summed E-state index contributed by atoms with van der Waals surface area (Å²) in [5.41, 5.74) is -0.708. The van der Waals surface area contributed by atoms with Gasteiger partial charge in [0.25, 0.3) is 0 Å². The van der Waals surface area contributed by atoms with Gasteiger partial charge in [0, 0.05) is 46.4 Å². The first kappa shape index (κ1) is 24.5. The van der Waals surface area contributed by atoms with Crippen LogP contribution in [0.3, 0.4) is 0 Å². The maximum Gasteiger partial charge on any atom is 0.410 e. The number of hydrogen-bond donors (Lipinski definition) is 2. The highest BCUT2D eigenvalue weighted by Crippen LogP contribution is 2.12. The van der Waals surface area contributed by atoms with Crippen molar-refractivity contribution in [3.63, 3.8) is 0 Å². The molecule has 0 atom stereocenters. The quantitative estimate of drug-likeness (QED) is 0.369. The highest BCUT2D eigenvalue weighted by atomic mass is 16.6. The minimum Gasteiger partial charge on any atom is -0.444 e. The lowest BCUT2D eigenvalue weighted by molar-refractivity contribution is 0.0145. The van der Waals surface area contributed by atoms with E-state index in [4.69, 9.17) is 9.47 Å². The van der Waals surface area contributed by atoms with E-state index in [0.717, 1.165) is 58.2 Å². The van der Waals surface area contributed by atoms with Gasteiger partial charge in [0.15, 0.2) is 5.96 Å². The first-order valence-electron chi connectivity index (χ1n) is 10.3. The minimum atomic E-state index is -0.440. The Morgan fingerprint density at radius 2 is 1.71 bits per heavy atom. The van der Waals surface area contributed by atoms with Gasteiger partial charge in [0.05, 0.1) is 12.1 Å². The third-order valence-corrected chi connectivity index (χ3v) is 4.48. The molecule has 0 bridgehead atoms. The van der Waals surface area contributed by atoms with E-state index in [1.807, 2.05) is 34.6 Å². The van der Waals surface area contributed by atoms with Crippen LogP contribution in [0.2, 0.25) is 0 Å². The fourth-order valence-corrected chi connectivity index (χ4v) is 2.67. The second-order valence-electron chi connectivity index (χ2n) is 8.75. The average Bonchev–Trinajstić information content (AvgIpc) is 2.62. The molecule has 1 aliphatic rings. The van der Waals surface area contributed by atoms with E-state index < -0.39 is 5.60 Å². The molecular weight excluding hydrogens is 358 g/mol. The van der Waals surface area contributed by atoms with Crippen molar-refractivity contribution < 1.29 is 14.3 Å². The van der Waals surface area contributed by atoms with Crippen molar-refractivity contribution in [3.8, 4) is 0 Å². The predicted molar refractivity (Wildman–Crippen MR) is 114 cm³/mol. The molecule has 1 rings (SSSR count). The lowest BCUT2D eigenvalue weighted by Crippen LogP contribution is -2.50. The Morgan fingerprint density at radius 1 is 1.07 bits per heavy atom. The fraction of sp³-hybridized carbons (Fsp3) is 0.900. The summed E-state index contributed by atoms with van der Waals surface area (Å²) in [6, 6.07) is 0. The first-order valence-corrected chi connectivity index (χ1v) is 10.3. The Morgan fingerprint density at radius 3 is 2.25 bits per heavy atom. The molecule has 0 unspecified atom stereocenters. The van der Waals surface area contributed by atoms with Gasteiger partial charge >= 0.3 is 6.09 Å². The van der Waals surface area contributed by atoms with Crippen molar-refractivity contribution in [2.24, 2.45) is 4.99 Å². The summed E-state index contributed by atoms with van der Waals surface area (Å²) in [5.74, 6) is 0.822. The molecule has 1 heterocycles. The number of guanidine groups is 1. The SMILES string of the molecule is CCNC(=NCC(C)(C)OC)NCCCN1CCN(C(=O)OC(C)(C)C)CC1. The molecule has 1 fully saturated rings. The Bertz CT molecular complexity index is 495. The molecule has 0 aromatic heterocycles. The van der Waals surface area contributed by atoms with E-state index in [1.54, 1.807) is 12.0 Å². The van der Waals surface area contributed by atoms with Gasteiger partial charge in [-0.2, -0.15) is 0 Å². The molecule has 0 radical (unpaired) electrons. The normalized spacial score (nSPS) is 16.8. The van der Waals surface area contributed by atoms with Crippen LogP contribution in [0.4, 0.5) is 4.79 Å². The summed E-state index contributed by atoms with van der Waals surface area (Å²) in [6.07, 6.45) is 0.809. The first-order chi connectivity index (χ1) is 13.1. The number of methoxy groups -OCH3 is 1. The van der Waals surface area contributed by atoms with Crippen molar-refractivity contribution in [2.75, 3.05) is 59.5 Å². The van der Waals surface area contributed by atoms with Crippen LogP contribution in [0.5, 0.6) is 0 Å². The van der Waals surface area contributed by atoms with E-state index in [-0.39, 0.29) is 11.7 Å². The van der Waals surface area contributed by atoms with Crippen LogP contribution < -0.4 is 10.6 Å². The highest BCUT2D eigenvalue weighted by Gasteiger charge is 2.25. The second-order valence-corrected chi connectivity index (χ2v) is 8.75. The fourth-order valence-electron chi connectivity index (χ4n) is 2.67. The molecule has 2 N–H and O–H groups in total. The van der Waals surface area contributed by atoms with Crippen molar-refractivity contribution in [3.05, 3.63) is 0 Å². The summed E-state index contributed by atoms with van der Waals surface area (Å²) >= 11 is 0. The van der Waals surface area contributed by atoms with Gasteiger partial charge in [0.1, 0.15) is 5.60 Å². The number of carbonyl (C=O) groups is 1. The largest absolute Gasteiger partial charge is 0.444 e. The molecule has 1 amide bonds. The molecule has 1 saturated heterocycles. The van der Waals surface area contributed by atoms with Crippen molar-refractivity contribution in [2.45, 2.75) is 59.2 Å². The van der Waals surface area contributed by atoms with Gasteiger partial charge in [-0.05, 0) is 54.5 Å².